The van der Waals surface area contributed by atoms with Gasteiger partial charge in [0.1, 0.15) is 0 Å². The summed E-state index contributed by atoms with van der Waals surface area (Å²) in [6, 6.07) is 0. The van der Waals surface area contributed by atoms with E-state index < -0.39 is 11.1 Å². The standard InChI is InChI=1S/C4H6Cl2O2/c5-3-4(6)8-2-1-7-3/h3-4H,1-2H2/t3-,4-/m0/s1. The molecule has 0 spiro atoms. The lowest BCUT2D eigenvalue weighted by Gasteiger charge is -2.22. The summed E-state index contributed by atoms with van der Waals surface area (Å²) in [4.78, 5) is 0. The highest BCUT2D eigenvalue weighted by Gasteiger charge is 2.21. The van der Waals surface area contributed by atoms with Crippen LogP contribution in [0.1, 0.15) is 0 Å². The Kier molecular flexibility index (Phi) is 2.38. The Morgan fingerprint density at radius 2 is 1.38 bits per heavy atom. The predicted octanol–water partition coefficient (Wildman–Crippen LogP) is 1.16. The van der Waals surface area contributed by atoms with Crippen molar-refractivity contribution in [2.24, 2.45) is 0 Å². The van der Waals surface area contributed by atoms with Gasteiger partial charge in [0.2, 0.25) is 0 Å². The maximum Gasteiger partial charge on any atom is 0.171 e. The number of ether oxygens (including phenoxy) is 2. The number of rotatable bonds is 0. The van der Waals surface area contributed by atoms with Crippen LogP contribution in [-0.2, 0) is 9.47 Å². The molecule has 0 amide bonds. The Hall–Kier alpha value is 0.500. The van der Waals surface area contributed by atoms with Gasteiger partial charge in [0, 0.05) is 0 Å². The van der Waals surface area contributed by atoms with Gasteiger partial charge in [-0.3, -0.25) is 0 Å². The normalized spacial score (nSPS) is 39.8. The molecule has 1 saturated heterocycles. The number of hydrogen-bond acceptors (Lipinski definition) is 2. The molecule has 2 nitrogen and oxygen atoms in total. The topological polar surface area (TPSA) is 18.5 Å². The minimum absolute atomic E-state index is 0.481. The van der Waals surface area contributed by atoms with Crippen LogP contribution in [-0.4, -0.2) is 24.3 Å². The van der Waals surface area contributed by atoms with E-state index in [0.29, 0.717) is 13.2 Å². The molecule has 0 radical (unpaired) electrons. The molecule has 1 heterocycles. The van der Waals surface area contributed by atoms with Gasteiger partial charge >= 0.3 is 0 Å². The van der Waals surface area contributed by atoms with E-state index in [2.05, 4.69) is 0 Å². The molecule has 0 aromatic rings. The molecule has 0 aromatic heterocycles. The van der Waals surface area contributed by atoms with Crippen molar-refractivity contribution >= 4 is 23.2 Å². The molecule has 0 saturated carbocycles. The molecule has 1 fully saturated rings. The molecule has 0 unspecified atom stereocenters. The zero-order chi connectivity index (χ0) is 5.98. The molecule has 48 valence electrons. The minimum atomic E-state index is -0.481. The fraction of sp³-hybridized carbons (Fsp3) is 1.00. The van der Waals surface area contributed by atoms with Gasteiger partial charge in [0.15, 0.2) is 11.1 Å². The highest BCUT2D eigenvalue weighted by molar-refractivity contribution is 6.28. The van der Waals surface area contributed by atoms with Crippen molar-refractivity contribution in [3.05, 3.63) is 0 Å². The summed E-state index contributed by atoms with van der Waals surface area (Å²) in [5.41, 5.74) is -0.962. The van der Waals surface area contributed by atoms with Gasteiger partial charge in [-0.2, -0.15) is 0 Å². The van der Waals surface area contributed by atoms with E-state index in [9.17, 15) is 0 Å². The van der Waals surface area contributed by atoms with Crippen LogP contribution in [0.3, 0.4) is 0 Å². The Bertz CT molecular complexity index is 68.4. The van der Waals surface area contributed by atoms with Gasteiger partial charge in [-0.1, -0.05) is 23.2 Å². The summed E-state index contributed by atoms with van der Waals surface area (Å²) in [6.07, 6.45) is 0. The number of alkyl halides is 2. The SMILES string of the molecule is Cl[C@H]1OCCO[C@@H]1Cl. The van der Waals surface area contributed by atoms with E-state index in [-0.39, 0.29) is 0 Å². The first-order valence-electron chi connectivity index (χ1n) is 2.32. The second-order valence-corrected chi connectivity index (χ2v) is 2.30. The molecule has 2 atom stereocenters. The van der Waals surface area contributed by atoms with Crippen molar-refractivity contribution in [1.29, 1.82) is 0 Å². The smallest absolute Gasteiger partial charge is 0.171 e. The first kappa shape index (κ1) is 6.62. The lowest BCUT2D eigenvalue weighted by molar-refractivity contribution is -0.0728. The summed E-state index contributed by atoms with van der Waals surface area (Å²) >= 11 is 11.0. The quantitative estimate of drug-likeness (QED) is 0.491. The zero-order valence-electron chi connectivity index (χ0n) is 4.14. The Balaban J connectivity index is 2.28. The fourth-order valence-electron chi connectivity index (χ4n) is 0.473. The van der Waals surface area contributed by atoms with E-state index in [4.69, 9.17) is 32.7 Å². The highest BCUT2D eigenvalue weighted by Crippen LogP contribution is 2.16. The van der Waals surface area contributed by atoms with E-state index in [0.717, 1.165) is 0 Å². The summed E-state index contributed by atoms with van der Waals surface area (Å²) in [6.45, 7) is 1.08. The zero-order valence-corrected chi connectivity index (χ0v) is 5.65. The molecule has 1 aliphatic rings. The van der Waals surface area contributed by atoms with Crippen LogP contribution < -0.4 is 0 Å². The fourth-order valence-corrected chi connectivity index (χ4v) is 0.796. The molecular weight excluding hydrogens is 151 g/mol. The summed E-state index contributed by atoms with van der Waals surface area (Å²) in [7, 11) is 0. The van der Waals surface area contributed by atoms with E-state index >= 15 is 0 Å². The number of hydrogen-bond donors (Lipinski definition) is 0. The van der Waals surface area contributed by atoms with Gasteiger partial charge in [-0.25, -0.2) is 0 Å². The first-order valence-corrected chi connectivity index (χ1v) is 3.19. The van der Waals surface area contributed by atoms with Gasteiger partial charge in [0.05, 0.1) is 13.2 Å². The molecule has 1 aliphatic heterocycles. The minimum Gasteiger partial charge on any atom is -0.356 e. The Labute approximate surface area is 57.7 Å². The van der Waals surface area contributed by atoms with Gasteiger partial charge in [-0.05, 0) is 0 Å². The molecule has 4 heteroatoms. The van der Waals surface area contributed by atoms with Crippen molar-refractivity contribution in [1.82, 2.24) is 0 Å². The van der Waals surface area contributed by atoms with Crippen molar-refractivity contribution in [3.63, 3.8) is 0 Å². The summed E-state index contributed by atoms with van der Waals surface area (Å²) in [5.74, 6) is 0. The van der Waals surface area contributed by atoms with Crippen LogP contribution in [0.15, 0.2) is 0 Å². The second kappa shape index (κ2) is 2.87. The predicted molar refractivity (Wildman–Crippen MR) is 31.2 cm³/mol. The van der Waals surface area contributed by atoms with Crippen LogP contribution >= 0.6 is 23.2 Å². The Morgan fingerprint density at radius 1 is 1.00 bits per heavy atom. The van der Waals surface area contributed by atoms with Gasteiger partial charge in [0.25, 0.3) is 0 Å². The third-order valence-corrected chi connectivity index (χ3v) is 1.68. The van der Waals surface area contributed by atoms with Gasteiger partial charge in [-0.15, -0.1) is 0 Å². The molecular formula is C4H6Cl2O2. The average molecular weight is 157 g/mol. The summed E-state index contributed by atoms with van der Waals surface area (Å²) < 4.78 is 9.80. The molecule has 0 N–H and O–H groups in total. The highest BCUT2D eigenvalue weighted by atomic mass is 35.5. The monoisotopic (exact) mass is 156 g/mol. The molecule has 0 aromatic carbocycles. The summed E-state index contributed by atoms with van der Waals surface area (Å²) in [5, 5.41) is 0. The van der Waals surface area contributed by atoms with Crippen molar-refractivity contribution in [2.75, 3.05) is 13.2 Å². The van der Waals surface area contributed by atoms with Crippen LogP contribution in [0.2, 0.25) is 0 Å². The van der Waals surface area contributed by atoms with Crippen LogP contribution in [0.4, 0.5) is 0 Å². The third kappa shape index (κ3) is 1.49. The van der Waals surface area contributed by atoms with Crippen molar-refractivity contribution < 1.29 is 9.47 Å². The molecule has 0 aliphatic carbocycles. The number of halogens is 2. The van der Waals surface area contributed by atoms with Crippen molar-refractivity contribution in [2.45, 2.75) is 11.1 Å². The van der Waals surface area contributed by atoms with Gasteiger partial charge < -0.3 is 9.47 Å². The van der Waals surface area contributed by atoms with Crippen LogP contribution in [0, 0.1) is 0 Å². The average Bonchev–Trinajstić information content (AvgIpc) is 1.77. The molecule has 0 bridgehead atoms. The maximum atomic E-state index is 5.49. The lowest BCUT2D eigenvalue weighted by atomic mass is 10.6. The van der Waals surface area contributed by atoms with E-state index in [1.807, 2.05) is 0 Å². The first-order chi connectivity index (χ1) is 3.80. The molecule has 8 heavy (non-hydrogen) atoms. The lowest BCUT2D eigenvalue weighted by Crippen LogP contribution is -2.30. The van der Waals surface area contributed by atoms with Crippen LogP contribution in [0.25, 0.3) is 0 Å². The van der Waals surface area contributed by atoms with E-state index in [1.54, 1.807) is 0 Å². The Morgan fingerprint density at radius 3 is 1.62 bits per heavy atom. The maximum absolute atomic E-state index is 5.49. The van der Waals surface area contributed by atoms with E-state index in [1.165, 1.54) is 0 Å². The largest absolute Gasteiger partial charge is 0.356 e. The second-order valence-electron chi connectivity index (χ2n) is 1.44. The van der Waals surface area contributed by atoms with Crippen LogP contribution in [0.5, 0.6) is 0 Å². The third-order valence-electron chi connectivity index (χ3n) is 0.844. The van der Waals surface area contributed by atoms with Crippen molar-refractivity contribution in [3.8, 4) is 0 Å². The molecule has 1 rings (SSSR count).